The van der Waals surface area contributed by atoms with Gasteiger partial charge in [0.15, 0.2) is 4.67 Å². The Hall–Kier alpha value is -0.280. The maximum atomic E-state index is 5.89. The van der Waals surface area contributed by atoms with Crippen LogP contribution in [0, 0.1) is 5.92 Å². The van der Waals surface area contributed by atoms with Crippen LogP contribution in [0.25, 0.3) is 0 Å². The third-order valence-electron chi connectivity index (χ3n) is 1.72. The van der Waals surface area contributed by atoms with Gasteiger partial charge in [0.25, 0.3) is 0 Å². The van der Waals surface area contributed by atoms with E-state index in [1.807, 2.05) is 6.07 Å². The van der Waals surface area contributed by atoms with E-state index in [2.05, 4.69) is 29.8 Å². The second-order valence-corrected chi connectivity index (χ2v) is 3.64. The summed E-state index contributed by atoms with van der Waals surface area (Å²) >= 11 is 3.29. The van der Waals surface area contributed by atoms with Crippen molar-refractivity contribution in [1.29, 1.82) is 0 Å². The summed E-state index contributed by atoms with van der Waals surface area (Å²) in [6, 6.07) is 1.96. The van der Waals surface area contributed by atoms with Crippen molar-refractivity contribution in [2.75, 3.05) is 0 Å². The third kappa shape index (κ3) is 1.84. The molecule has 1 unspecified atom stereocenters. The van der Waals surface area contributed by atoms with Crippen LogP contribution >= 0.6 is 15.9 Å². The van der Waals surface area contributed by atoms with Crippen LogP contribution in [-0.4, -0.2) is 0 Å². The van der Waals surface area contributed by atoms with Gasteiger partial charge in [-0.15, -0.1) is 0 Å². The topological polar surface area (TPSA) is 39.2 Å². The first-order valence-corrected chi connectivity index (χ1v) is 4.40. The molecule has 0 saturated carbocycles. The van der Waals surface area contributed by atoms with Crippen LogP contribution < -0.4 is 5.73 Å². The Morgan fingerprint density at radius 1 is 1.55 bits per heavy atom. The summed E-state index contributed by atoms with van der Waals surface area (Å²) in [5.74, 6) is 0.434. The van der Waals surface area contributed by atoms with Crippen molar-refractivity contribution in [1.82, 2.24) is 0 Å². The molecule has 0 radical (unpaired) electrons. The van der Waals surface area contributed by atoms with Gasteiger partial charge in [-0.3, -0.25) is 0 Å². The van der Waals surface area contributed by atoms with E-state index in [0.717, 1.165) is 10.2 Å². The van der Waals surface area contributed by atoms with Gasteiger partial charge in [0.05, 0.1) is 6.26 Å². The Kier molecular flexibility index (Phi) is 2.73. The van der Waals surface area contributed by atoms with Gasteiger partial charge in [-0.05, 0) is 27.9 Å². The molecule has 0 spiro atoms. The highest BCUT2D eigenvalue weighted by molar-refractivity contribution is 9.10. The predicted molar refractivity (Wildman–Crippen MR) is 48.2 cm³/mol. The molecule has 0 amide bonds. The van der Waals surface area contributed by atoms with Crippen LogP contribution in [0.4, 0.5) is 0 Å². The monoisotopic (exact) mass is 217 g/mol. The summed E-state index contributed by atoms with van der Waals surface area (Å²) in [6.07, 6.45) is 1.64. The Morgan fingerprint density at radius 3 is 2.55 bits per heavy atom. The summed E-state index contributed by atoms with van der Waals surface area (Å²) in [7, 11) is 0. The van der Waals surface area contributed by atoms with E-state index in [1.54, 1.807) is 6.26 Å². The molecule has 0 fully saturated rings. The highest BCUT2D eigenvalue weighted by Gasteiger charge is 2.14. The quantitative estimate of drug-likeness (QED) is 0.828. The standard InChI is InChI=1S/C8H12BrNO/c1-5(2)7(10)6-3-4-11-8(6)9/h3-5,7H,10H2,1-2H3. The molecule has 2 nitrogen and oxygen atoms in total. The molecule has 1 atom stereocenters. The summed E-state index contributed by atoms with van der Waals surface area (Å²) < 4.78 is 5.82. The minimum absolute atomic E-state index is 0.0584. The zero-order valence-electron chi connectivity index (χ0n) is 6.67. The van der Waals surface area contributed by atoms with Crippen LogP contribution in [-0.2, 0) is 0 Å². The lowest BCUT2D eigenvalue weighted by Crippen LogP contribution is -2.16. The Labute approximate surface area is 74.9 Å². The molecule has 0 bridgehead atoms. The van der Waals surface area contributed by atoms with Gasteiger partial charge >= 0.3 is 0 Å². The number of halogens is 1. The lowest BCUT2D eigenvalue weighted by molar-refractivity contribution is 0.488. The Bertz CT molecular complexity index is 232. The molecule has 0 saturated heterocycles. The van der Waals surface area contributed by atoms with E-state index >= 15 is 0 Å². The summed E-state index contributed by atoms with van der Waals surface area (Å²) in [4.78, 5) is 0. The number of nitrogens with two attached hydrogens (primary N) is 1. The van der Waals surface area contributed by atoms with Gasteiger partial charge in [0.2, 0.25) is 0 Å². The Morgan fingerprint density at radius 2 is 2.18 bits per heavy atom. The molecule has 0 aliphatic carbocycles. The van der Waals surface area contributed by atoms with Gasteiger partial charge in [0.1, 0.15) is 0 Å². The summed E-state index contributed by atoms with van der Waals surface area (Å²) in [5, 5.41) is 0. The van der Waals surface area contributed by atoms with Crippen molar-refractivity contribution in [2.24, 2.45) is 11.7 Å². The first kappa shape index (κ1) is 8.81. The fourth-order valence-electron chi connectivity index (χ4n) is 0.902. The van der Waals surface area contributed by atoms with Crippen molar-refractivity contribution < 1.29 is 4.42 Å². The molecule has 11 heavy (non-hydrogen) atoms. The molecule has 2 N–H and O–H groups in total. The zero-order valence-corrected chi connectivity index (χ0v) is 8.26. The largest absolute Gasteiger partial charge is 0.457 e. The minimum Gasteiger partial charge on any atom is -0.457 e. The molecule has 62 valence electrons. The first-order chi connectivity index (χ1) is 5.13. The summed E-state index contributed by atoms with van der Waals surface area (Å²) in [5.41, 5.74) is 6.93. The third-order valence-corrected chi connectivity index (χ3v) is 2.37. The molecule has 0 aromatic carbocycles. The first-order valence-electron chi connectivity index (χ1n) is 3.61. The van der Waals surface area contributed by atoms with E-state index in [1.165, 1.54) is 0 Å². The van der Waals surface area contributed by atoms with Gasteiger partial charge in [-0.2, -0.15) is 0 Å². The molecular formula is C8H12BrNO. The zero-order chi connectivity index (χ0) is 8.43. The average molecular weight is 218 g/mol. The fraction of sp³-hybridized carbons (Fsp3) is 0.500. The molecule has 1 rings (SSSR count). The van der Waals surface area contributed by atoms with Gasteiger partial charge in [0, 0.05) is 11.6 Å². The molecule has 1 aromatic rings. The van der Waals surface area contributed by atoms with Crippen molar-refractivity contribution in [3.8, 4) is 0 Å². The van der Waals surface area contributed by atoms with Crippen LogP contribution in [0.2, 0.25) is 0 Å². The normalized spacial score (nSPS) is 13.9. The van der Waals surface area contributed by atoms with Crippen molar-refractivity contribution in [3.63, 3.8) is 0 Å². The minimum atomic E-state index is 0.0584. The van der Waals surface area contributed by atoms with Crippen LogP contribution in [0.3, 0.4) is 0 Å². The van der Waals surface area contributed by atoms with Crippen molar-refractivity contribution in [2.45, 2.75) is 19.9 Å². The second kappa shape index (κ2) is 3.41. The highest BCUT2D eigenvalue weighted by atomic mass is 79.9. The molecule has 0 aliphatic rings. The van der Waals surface area contributed by atoms with Crippen molar-refractivity contribution in [3.05, 3.63) is 22.6 Å². The van der Waals surface area contributed by atoms with E-state index < -0.39 is 0 Å². The highest BCUT2D eigenvalue weighted by Crippen LogP contribution is 2.27. The van der Waals surface area contributed by atoms with Crippen LogP contribution in [0.15, 0.2) is 21.4 Å². The smallest absolute Gasteiger partial charge is 0.173 e. The second-order valence-electron chi connectivity index (χ2n) is 2.92. The van der Waals surface area contributed by atoms with Gasteiger partial charge in [-0.1, -0.05) is 13.8 Å². The fourth-order valence-corrected chi connectivity index (χ4v) is 1.41. The molecular weight excluding hydrogens is 206 g/mol. The summed E-state index contributed by atoms with van der Waals surface area (Å²) in [6.45, 7) is 4.17. The molecule has 1 aromatic heterocycles. The Balaban J connectivity index is 2.84. The van der Waals surface area contributed by atoms with E-state index in [4.69, 9.17) is 10.2 Å². The number of hydrogen-bond acceptors (Lipinski definition) is 2. The average Bonchev–Trinajstić information content (AvgIpc) is 2.33. The molecule has 1 heterocycles. The SMILES string of the molecule is CC(C)C(N)c1ccoc1Br. The number of hydrogen-bond donors (Lipinski definition) is 1. The molecule has 3 heteroatoms. The number of furan rings is 1. The lowest BCUT2D eigenvalue weighted by Gasteiger charge is -2.13. The van der Waals surface area contributed by atoms with Gasteiger partial charge in [-0.25, -0.2) is 0 Å². The molecule has 0 aliphatic heterocycles. The predicted octanol–water partition coefficient (Wildman–Crippen LogP) is 2.70. The maximum Gasteiger partial charge on any atom is 0.173 e. The van der Waals surface area contributed by atoms with Gasteiger partial charge < -0.3 is 10.2 Å². The van der Waals surface area contributed by atoms with E-state index in [0.29, 0.717) is 5.92 Å². The maximum absolute atomic E-state index is 5.89. The van der Waals surface area contributed by atoms with Crippen LogP contribution in [0.1, 0.15) is 25.5 Å². The lowest BCUT2D eigenvalue weighted by atomic mass is 10.00. The van der Waals surface area contributed by atoms with Crippen LogP contribution in [0.5, 0.6) is 0 Å². The van der Waals surface area contributed by atoms with Crippen molar-refractivity contribution >= 4 is 15.9 Å². The van der Waals surface area contributed by atoms with E-state index in [9.17, 15) is 0 Å². The van der Waals surface area contributed by atoms with E-state index in [-0.39, 0.29) is 6.04 Å². The number of rotatable bonds is 2.